The van der Waals surface area contributed by atoms with Crippen molar-refractivity contribution in [2.75, 3.05) is 5.73 Å². The van der Waals surface area contributed by atoms with Crippen LogP contribution in [0, 0.1) is 5.82 Å². The van der Waals surface area contributed by atoms with Gasteiger partial charge in [-0.25, -0.2) is 4.39 Å². The molecule has 17 heavy (non-hydrogen) atoms. The molecule has 0 saturated heterocycles. The van der Waals surface area contributed by atoms with Crippen LogP contribution in [0.1, 0.15) is 5.56 Å². The molecule has 1 unspecified atom stereocenters. The Morgan fingerprint density at radius 3 is 2.59 bits per heavy atom. The first kappa shape index (κ1) is 11.8. The molecule has 0 heterocycles. The SMILES string of the molecule is Nc1cccc(CS(=O)c2cccc(F)c2)c1. The third kappa shape index (κ3) is 3.14. The van der Waals surface area contributed by atoms with Gasteiger partial charge in [-0.3, -0.25) is 4.21 Å². The zero-order valence-electron chi connectivity index (χ0n) is 9.10. The molecule has 2 rings (SSSR count). The van der Waals surface area contributed by atoms with Crippen LogP contribution in [0.25, 0.3) is 0 Å². The normalized spacial score (nSPS) is 12.3. The maximum Gasteiger partial charge on any atom is 0.124 e. The molecule has 2 aromatic rings. The summed E-state index contributed by atoms with van der Waals surface area (Å²) in [5.74, 6) is -0.0301. The molecule has 4 heteroatoms. The highest BCUT2D eigenvalue weighted by Crippen LogP contribution is 2.15. The van der Waals surface area contributed by atoms with E-state index in [2.05, 4.69) is 0 Å². The second-order valence-electron chi connectivity index (χ2n) is 3.69. The van der Waals surface area contributed by atoms with Crippen molar-refractivity contribution in [3.05, 3.63) is 59.9 Å². The zero-order chi connectivity index (χ0) is 12.3. The standard InChI is InChI=1S/C13H12FNOS/c14-11-4-2-6-13(8-11)17(16)9-10-3-1-5-12(15)7-10/h1-8H,9,15H2. The monoisotopic (exact) mass is 249 g/mol. The smallest absolute Gasteiger partial charge is 0.124 e. The van der Waals surface area contributed by atoms with E-state index >= 15 is 0 Å². The fraction of sp³-hybridized carbons (Fsp3) is 0.0769. The highest BCUT2D eigenvalue weighted by Gasteiger charge is 2.06. The topological polar surface area (TPSA) is 43.1 Å². The van der Waals surface area contributed by atoms with E-state index in [1.807, 2.05) is 12.1 Å². The maximum absolute atomic E-state index is 13.0. The largest absolute Gasteiger partial charge is 0.399 e. The molecule has 0 aliphatic heterocycles. The summed E-state index contributed by atoms with van der Waals surface area (Å²) in [5, 5.41) is 0. The lowest BCUT2D eigenvalue weighted by molar-refractivity contribution is 0.622. The van der Waals surface area contributed by atoms with Crippen LogP contribution in [0.3, 0.4) is 0 Å². The van der Waals surface area contributed by atoms with Gasteiger partial charge in [-0.1, -0.05) is 18.2 Å². The van der Waals surface area contributed by atoms with E-state index in [1.54, 1.807) is 24.3 Å². The van der Waals surface area contributed by atoms with Gasteiger partial charge in [0, 0.05) is 10.6 Å². The average molecular weight is 249 g/mol. The molecule has 2 nitrogen and oxygen atoms in total. The van der Waals surface area contributed by atoms with Crippen LogP contribution in [0.4, 0.5) is 10.1 Å². The molecular formula is C13H12FNOS. The maximum atomic E-state index is 13.0. The molecule has 1 atom stereocenters. The van der Waals surface area contributed by atoms with Gasteiger partial charge in [0.25, 0.3) is 0 Å². The van der Waals surface area contributed by atoms with Gasteiger partial charge in [0.2, 0.25) is 0 Å². The fourth-order valence-corrected chi connectivity index (χ4v) is 2.65. The molecule has 2 N–H and O–H groups in total. The lowest BCUT2D eigenvalue weighted by atomic mass is 10.2. The van der Waals surface area contributed by atoms with Crippen LogP contribution in [-0.4, -0.2) is 4.21 Å². The summed E-state index contributed by atoms with van der Waals surface area (Å²) in [6, 6.07) is 13.1. The van der Waals surface area contributed by atoms with E-state index < -0.39 is 10.8 Å². The minimum Gasteiger partial charge on any atom is -0.399 e. The molecule has 0 aromatic heterocycles. The summed E-state index contributed by atoms with van der Waals surface area (Å²) < 4.78 is 25.0. The third-order valence-corrected chi connectivity index (χ3v) is 3.68. The molecule has 0 aliphatic carbocycles. The molecular weight excluding hydrogens is 237 g/mol. The van der Waals surface area contributed by atoms with Gasteiger partial charge in [0.05, 0.1) is 16.6 Å². The third-order valence-electron chi connectivity index (χ3n) is 2.31. The molecule has 2 aromatic carbocycles. The van der Waals surface area contributed by atoms with E-state index in [9.17, 15) is 8.60 Å². The second kappa shape index (κ2) is 5.10. The number of hydrogen-bond donors (Lipinski definition) is 1. The Morgan fingerprint density at radius 2 is 1.88 bits per heavy atom. The Hall–Kier alpha value is -1.68. The summed E-state index contributed by atoms with van der Waals surface area (Å²) in [5.41, 5.74) is 7.16. The first-order chi connectivity index (χ1) is 8.15. The molecule has 0 bridgehead atoms. The molecule has 0 saturated carbocycles. The van der Waals surface area contributed by atoms with Crippen molar-refractivity contribution in [3.63, 3.8) is 0 Å². The minimum absolute atomic E-state index is 0.342. The number of halogens is 1. The first-order valence-electron chi connectivity index (χ1n) is 5.13. The predicted molar refractivity (Wildman–Crippen MR) is 67.4 cm³/mol. The van der Waals surface area contributed by atoms with E-state index in [1.165, 1.54) is 12.1 Å². The summed E-state index contributed by atoms with van der Waals surface area (Å²) in [6.07, 6.45) is 0. The van der Waals surface area contributed by atoms with Gasteiger partial charge in [0.15, 0.2) is 0 Å². The van der Waals surface area contributed by atoms with E-state index in [0.717, 1.165) is 5.56 Å². The van der Waals surface area contributed by atoms with Gasteiger partial charge in [-0.05, 0) is 35.9 Å². The van der Waals surface area contributed by atoms with Crippen LogP contribution in [0.5, 0.6) is 0 Å². The summed E-state index contributed by atoms with van der Waals surface area (Å²) in [4.78, 5) is 0.493. The van der Waals surface area contributed by atoms with Crippen LogP contribution in [0.2, 0.25) is 0 Å². The van der Waals surface area contributed by atoms with Crippen molar-refractivity contribution in [2.45, 2.75) is 10.6 Å². The molecule has 88 valence electrons. The van der Waals surface area contributed by atoms with Gasteiger partial charge in [-0.15, -0.1) is 0 Å². The number of hydrogen-bond acceptors (Lipinski definition) is 2. The van der Waals surface area contributed by atoms with Crippen molar-refractivity contribution in [1.29, 1.82) is 0 Å². The van der Waals surface area contributed by atoms with E-state index in [4.69, 9.17) is 5.73 Å². The molecule has 0 radical (unpaired) electrons. The van der Waals surface area contributed by atoms with Crippen molar-refractivity contribution >= 4 is 16.5 Å². The Bertz CT molecular complexity index is 557. The highest BCUT2D eigenvalue weighted by atomic mass is 32.2. The van der Waals surface area contributed by atoms with Gasteiger partial charge >= 0.3 is 0 Å². The molecule has 0 spiro atoms. The Morgan fingerprint density at radius 1 is 1.12 bits per heavy atom. The quantitative estimate of drug-likeness (QED) is 0.850. The Balaban J connectivity index is 2.17. The second-order valence-corrected chi connectivity index (χ2v) is 5.14. The lowest BCUT2D eigenvalue weighted by Gasteiger charge is -2.03. The number of anilines is 1. The molecule has 0 fully saturated rings. The van der Waals surface area contributed by atoms with Crippen LogP contribution < -0.4 is 5.73 Å². The van der Waals surface area contributed by atoms with Crippen molar-refractivity contribution in [3.8, 4) is 0 Å². The van der Waals surface area contributed by atoms with Crippen LogP contribution in [0.15, 0.2) is 53.4 Å². The lowest BCUT2D eigenvalue weighted by Crippen LogP contribution is -1.97. The van der Waals surface area contributed by atoms with E-state index in [0.29, 0.717) is 16.3 Å². The van der Waals surface area contributed by atoms with Gasteiger partial charge in [0.1, 0.15) is 5.82 Å². The average Bonchev–Trinajstić information content (AvgIpc) is 2.29. The number of rotatable bonds is 3. The van der Waals surface area contributed by atoms with E-state index in [-0.39, 0.29) is 5.82 Å². The molecule has 0 aliphatic rings. The summed E-state index contributed by atoms with van der Waals surface area (Å²) in [7, 11) is -1.25. The minimum atomic E-state index is -1.25. The predicted octanol–water partition coefficient (Wildman–Crippen LogP) is 2.72. The fourth-order valence-electron chi connectivity index (χ4n) is 1.53. The molecule has 0 amide bonds. The number of nitrogen functional groups attached to an aromatic ring is 1. The number of benzene rings is 2. The van der Waals surface area contributed by atoms with Gasteiger partial charge in [-0.2, -0.15) is 0 Å². The van der Waals surface area contributed by atoms with Crippen LogP contribution in [-0.2, 0) is 16.6 Å². The Labute approximate surface area is 102 Å². The zero-order valence-corrected chi connectivity index (χ0v) is 9.91. The first-order valence-corrected chi connectivity index (χ1v) is 6.45. The number of nitrogens with two attached hydrogens (primary N) is 1. The summed E-state index contributed by atoms with van der Waals surface area (Å²) >= 11 is 0. The summed E-state index contributed by atoms with van der Waals surface area (Å²) in [6.45, 7) is 0. The Kier molecular flexibility index (Phi) is 3.54. The van der Waals surface area contributed by atoms with Gasteiger partial charge < -0.3 is 5.73 Å². The van der Waals surface area contributed by atoms with Crippen LogP contribution >= 0.6 is 0 Å². The highest BCUT2D eigenvalue weighted by molar-refractivity contribution is 7.84. The van der Waals surface area contributed by atoms with Crippen molar-refractivity contribution < 1.29 is 8.60 Å². The van der Waals surface area contributed by atoms with Crippen molar-refractivity contribution in [1.82, 2.24) is 0 Å². The van der Waals surface area contributed by atoms with Crippen molar-refractivity contribution in [2.24, 2.45) is 0 Å².